The third kappa shape index (κ3) is 5.37. The summed E-state index contributed by atoms with van der Waals surface area (Å²) < 4.78 is 1.94. The minimum atomic E-state index is -0.442. The average molecular weight is 450 g/mol. The van der Waals surface area contributed by atoms with E-state index in [9.17, 15) is 9.59 Å². The SMILES string of the molecule is CC(C)(C)c1ccc(-c2nnc(SCC(=O)NC(=O)NC3CC3)n2-c2ccccc2)cc1. The fourth-order valence-electron chi connectivity index (χ4n) is 3.22. The van der Waals surface area contributed by atoms with E-state index < -0.39 is 6.03 Å². The second-order valence-corrected chi connectivity index (χ2v) is 9.83. The summed E-state index contributed by atoms with van der Waals surface area (Å²) in [6.07, 6.45) is 1.94. The molecule has 1 aromatic heterocycles. The maximum atomic E-state index is 12.2. The van der Waals surface area contributed by atoms with Crippen LogP contribution in [0.25, 0.3) is 17.1 Å². The minimum Gasteiger partial charge on any atom is -0.335 e. The van der Waals surface area contributed by atoms with Crippen LogP contribution in [0.1, 0.15) is 39.2 Å². The molecule has 32 heavy (non-hydrogen) atoms. The molecule has 0 aliphatic heterocycles. The Hall–Kier alpha value is -3.13. The van der Waals surface area contributed by atoms with Crippen LogP contribution >= 0.6 is 11.8 Å². The van der Waals surface area contributed by atoms with Crippen molar-refractivity contribution in [3.63, 3.8) is 0 Å². The number of carbonyl (C=O) groups excluding carboxylic acids is 2. The predicted octanol–water partition coefficient (Wildman–Crippen LogP) is 4.31. The van der Waals surface area contributed by atoms with Crippen LogP contribution in [0.2, 0.25) is 0 Å². The Morgan fingerprint density at radius 1 is 1.03 bits per heavy atom. The van der Waals surface area contributed by atoms with Crippen molar-refractivity contribution < 1.29 is 9.59 Å². The quantitative estimate of drug-likeness (QED) is 0.548. The fraction of sp³-hybridized carbons (Fsp3) is 0.333. The first kappa shape index (κ1) is 22.1. The molecule has 1 saturated carbocycles. The number of thioether (sulfide) groups is 1. The van der Waals surface area contributed by atoms with Gasteiger partial charge in [0.2, 0.25) is 5.91 Å². The van der Waals surface area contributed by atoms with Crippen LogP contribution in [0.3, 0.4) is 0 Å². The molecule has 1 fully saturated rings. The van der Waals surface area contributed by atoms with Crippen LogP contribution in [0, 0.1) is 0 Å². The Bertz CT molecular complexity index is 1100. The Morgan fingerprint density at radius 2 is 1.72 bits per heavy atom. The zero-order chi connectivity index (χ0) is 22.7. The van der Waals surface area contributed by atoms with E-state index >= 15 is 0 Å². The molecule has 0 saturated heterocycles. The van der Waals surface area contributed by atoms with E-state index in [0.29, 0.717) is 11.0 Å². The molecule has 1 heterocycles. The van der Waals surface area contributed by atoms with Gasteiger partial charge in [-0.3, -0.25) is 14.7 Å². The zero-order valence-electron chi connectivity index (χ0n) is 18.5. The highest BCUT2D eigenvalue weighted by Gasteiger charge is 2.24. The molecule has 0 radical (unpaired) electrons. The van der Waals surface area contributed by atoms with Crippen molar-refractivity contribution in [2.75, 3.05) is 5.75 Å². The van der Waals surface area contributed by atoms with Crippen molar-refractivity contribution in [2.24, 2.45) is 0 Å². The maximum absolute atomic E-state index is 12.2. The molecule has 1 aliphatic carbocycles. The highest BCUT2D eigenvalue weighted by molar-refractivity contribution is 7.99. The number of benzene rings is 2. The monoisotopic (exact) mass is 449 g/mol. The second-order valence-electron chi connectivity index (χ2n) is 8.89. The summed E-state index contributed by atoms with van der Waals surface area (Å²) in [6.45, 7) is 6.54. The third-order valence-electron chi connectivity index (χ3n) is 5.15. The maximum Gasteiger partial charge on any atom is 0.321 e. The molecule has 0 unspecified atom stereocenters. The number of para-hydroxylation sites is 1. The fourth-order valence-corrected chi connectivity index (χ4v) is 3.97. The molecule has 2 aromatic carbocycles. The smallest absolute Gasteiger partial charge is 0.321 e. The van der Waals surface area contributed by atoms with E-state index in [-0.39, 0.29) is 23.1 Å². The van der Waals surface area contributed by atoms with E-state index in [1.807, 2.05) is 47.0 Å². The molecular formula is C24H27N5O2S. The number of hydrogen-bond acceptors (Lipinski definition) is 5. The molecule has 4 rings (SSSR count). The molecule has 0 bridgehead atoms. The Morgan fingerprint density at radius 3 is 2.34 bits per heavy atom. The van der Waals surface area contributed by atoms with Gasteiger partial charge in [0.1, 0.15) is 0 Å². The van der Waals surface area contributed by atoms with Crippen molar-refractivity contribution in [3.8, 4) is 17.1 Å². The van der Waals surface area contributed by atoms with Crippen LogP contribution in [0.5, 0.6) is 0 Å². The van der Waals surface area contributed by atoms with E-state index in [2.05, 4.69) is 53.7 Å². The number of amides is 3. The number of rotatable bonds is 6. The molecular weight excluding hydrogens is 422 g/mol. The van der Waals surface area contributed by atoms with Crippen molar-refractivity contribution in [2.45, 2.75) is 50.2 Å². The number of nitrogens with zero attached hydrogens (tertiary/aromatic N) is 3. The first-order valence-electron chi connectivity index (χ1n) is 10.7. The normalized spacial score (nSPS) is 13.6. The minimum absolute atomic E-state index is 0.0613. The predicted molar refractivity (Wildman–Crippen MR) is 126 cm³/mol. The third-order valence-corrected chi connectivity index (χ3v) is 6.08. The van der Waals surface area contributed by atoms with Gasteiger partial charge in [0.15, 0.2) is 11.0 Å². The summed E-state index contributed by atoms with van der Waals surface area (Å²) in [5.41, 5.74) is 3.14. The Kier molecular flexibility index (Phi) is 6.32. The summed E-state index contributed by atoms with van der Waals surface area (Å²) in [6, 6.07) is 17.9. The largest absolute Gasteiger partial charge is 0.335 e. The number of imide groups is 1. The molecule has 166 valence electrons. The first-order valence-corrected chi connectivity index (χ1v) is 11.6. The molecule has 2 N–H and O–H groups in total. The van der Waals surface area contributed by atoms with Crippen LogP contribution < -0.4 is 10.6 Å². The number of carbonyl (C=O) groups is 2. The van der Waals surface area contributed by atoms with Gasteiger partial charge >= 0.3 is 6.03 Å². The van der Waals surface area contributed by atoms with Gasteiger partial charge in [-0.05, 0) is 36.0 Å². The Balaban J connectivity index is 1.56. The number of urea groups is 1. The van der Waals surface area contributed by atoms with Crippen LogP contribution in [0.4, 0.5) is 4.79 Å². The molecule has 1 aliphatic rings. The van der Waals surface area contributed by atoms with Crippen LogP contribution in [0.15, 0.2) is 59.8 Å². The van der Waals surface area contributed by atoms with Gasteiger partial charge in [0, 0.05) is 17.3 Å². The van der Waals surface area contributed by atoms with Crippen molar-refractivity contribution in [3.05, 3.63) is 60.2 Å². The van der Waals surface area contributed by atoms with Crippen LogP contribution in [-0.2, 0) is 10.2 Å². The highest BCUT2D eigenvalue weighted by atomic mass is 32.2. The van der Waals surface area contributed by atoms with E-state index in [4.69, 9.17) is 0 Å². The topological polar surface area (TPSA) is 88.9 Å². The van der Waals surface area contributed by atoms with Gasteiger partial charge in [-0.25, -0.2) is 4.79 Å². The lowest BCUT2D eigenvalue weighted by Gasteiger charge is -2.19. The molecule has 0 atom stereocenters. The summed E-state index contributed by atoms with van der Waals surface area (Å²) >= 11 is 1.25. The van der Waals surface area contributed by atoms with Crippen LogP contribution in [-0.4, -0.2) is 38.5 Å². The lowest BCUT2D eigenvalue weighted by molar-refractivity contribution is -0.117. The van der Waals surface area contributed by atoms with E-state index in [1.165, 1.54) is 17.3 Å². The Labute approximate surface area is 192 Å². The van der Waals surface area contributed by atoms with Gasteiger partial charge in [-0.2, -0.15) is 0 Å². The highest BCUT2D eigenvalue weighted by Crippen LogP contribution is 2.30. The zero-order valence-corrected chi connectivity index (χ0v) is 19.3. The van der Waals surface area contributed by atoms with Gasteiger partial charge < -0.3 is 5.32 Å². The van der Waals surface area contributed by atoms with E-state index in [0.717, 1.165) is 24.1 Å². The molecule has 7 nitrogen and oxygen atoms in total. The van der Waals surface area contributed by atoms with Gasteiger partial charge in [0.05, 0.1) is 5.75 Å². The summed E-state index contributed by atoms with van der Waals surface area (Å²) in [5, 5.41) is 14.5. The average Bonchev–Trinajstić information content (AvgIpc) is 3.47. The standard InChI is InChI=1S/C24H27N5O2S/c1-24(2,3)17-11-9-16(10-12-17)21-27-28-23(29(21)19-7-5-4-6-8-19)32-15-20(30)26-22(31)25-18-13-14-18/h4-12,18H,13-15H2,1-3H3,(H2,25,26,30,31). The van der Waals surface area contributed by atoms with E-state index in [1.54, 1.807) is 0 Å². The summed E-state index contributed by atoms with van der Waals surface area (Å²) in [4.78, 5) is 24.0. The molecule has 0 spiro atoms. The number of hydrogen-bond donors (Lipinski definition) is 2. The summed E-state index contributed by atoms with van der Waals surface area (Å²) in [7, 11) is 0. The summed E-state index contributed by atoms with van der Waals surface area (Å²) in [5.74, 6) is 0.393. The second kappa shape index (κ2) is 9.16. The first-order chi connectivity index (χ1) is 15.3. The lowest BCUT2D eigenvalue weighted by atomic mass is 9.87. The lowest BCUT2D eigenvalue weighted by Crippen LogP contribution is -2.41. The molecule has 3 amide bonds. The van der Waals surface area contributed by atoms with Gasteiger partial charge in [0.25, 0.3) is 0 Å². The molecule has 3 aromatic rings. The molecule has 8 heteroatoms. The van der Waals surface area contributed by atoms with Gasteiger partial charge in [-0.15, -0.1) is 10.2 Å². The van der Waals surface area contributed by atoms with Crippen molar-refractivity contribution in [1.82, 2.24) is 25.4 Å². The number of aromatic nitrogens is 3. The number of nitrogens with one attached hydrogen (secondary N) is 2. The van der Waals surface area contributed by atoms with Crippen molar-refractivity contribution >= 4 is 23.7 Å². The van der Waals surface area contributed by atoms with Gasteiger partial charge in [-0.1, -0.05) is 75.0 Å². The van der Waals surface area contributed by atoms with Crippen molar-refractivity contribution in [1.29, 1.82) is 0 Å².